The first-order valence-corrected chi connectivity index (χ1v) is 7.94. The Hall–Kier alpha value is -0.950. The van der Waals surface area contributed by atoms with Crippen LogP contribution in [0.3, 0.4) is 0 Å². The lowest BCUT2D eigenvalue weighted by Crippen LogP contribution is -2.29. The van der Waals surface area contributed by atoms with Crippen LogP contribution in [-0.2, 0) is 0 Å². The van der Waals surface area contributed by atoms with Gasteiger partial charge in [-0.2, -0.15) is 0 Å². The molecule has 0 aliphatic rings. The summed E-state index contributed by atoms with van der Waals surface area (Å²) in [5.74, 6) is 0.595. The molecule has 0 amide bonds. The normalized spacial score (nSPS) is 10.2. The highest BCUT2D eigenvalue weighted by Crippen LogP contribution is 2.30. The molecular formula is C14H21NO3S2. The maximum absolute atomic E-state index is 9.03. The highest BCUT2D eigenvalue weighted by atomic mass is 32.1. The Labute approximate surface area is 128 Å². The molecule has 0 aliphatic heterocycles. The molecule has 2 aromatic rings. The van der Waals surface area contributed by atoms with Gasteiger partial charge in [0.25, 0.3) is 0 Å². The predicted octanol–water partition coefficient (Wildman–Crippen LogP) is 3.35. The molecular weight excluding hydrogens is 294 g/mol. The van der Waals surface area contributed by atoms with Crippen LogP contribution >= 0.6 is 23.6 Å². The van der Waals surface area contributed by atoms with Crippen LogP contribution in [0.1, 0.15) is 19.4 Å². The Balaban J connectivity index is 0.000000956. The zero-order chi connectivity index (χ0) is 15.1. The first-order valence-electron chi connectivity index (χ1n) is 6.66. The quantitative estimate of drug-likeness (QED) is 0.829. The van der Waals surface area contributed by atoms with Crippen molar-refractivity contribution in [3.05, 3.63) is 21.5 Å². The van der Waals surface area contributed by atoms with E-state index in [9.17, 15) is 0 Å². The maximum atomic E-state index is 9.03. The number of anilines is 1. The van der Waals surface area contributed by atoms with Crippen molar-refractivity contribution in [1.29, 1.82) is 0 Å². The fourth-order valence-corrected chi connectivity index (χ4v) is 3.00. The molecule has 2 rings (SSSR count). The first-order chi connectivity index (χ1) is 9.67. The van der Waals surface area contributed by atoms with Gasteiger partial charge in [-0.1, -0.05) is 26.1 Å². The Morgan fingerprint density at radius 3 is 2.40 bits per heavy atom. The van der Waals surface area contributed by atoms with Gasteiger partial charge in [0.1, 0.15) is 0 Å². The highest BCUT2D eigenvalue weighted by molar-refractivity contribution is 7.72. The van der Waals surface area contributed by atoms with Crippen molar-refractivity contribution < 1.29 is 14.6 Å². The lowest BCUT2D eigenvalue weighted by molar-refractivity contribution is 0.277. The third-order valence-electron chi connectivity index (χ3n) is 2.65. The molecule has 0 atom stereocenters. The number of hydrogen-bond acceptors (Lipinski definition) is 6. The molecule has 6 heteroatoms. The van der Waals surface area contributed by atoms with Gasteiger partial charge in [0.2, 0.25) is 0 Å². The van der Waals surface area contributed by atoms with Crippen molar-refractivity contribution in [1.82, 2.24) is 0 Å². The number of nitrogens with zero attached hydrogens (tertiary/aromatic N) is 1. The predicted molar refractivity (Wildman–Crippen MR) is 87.4 cm³/mol. The molecule has 0 radical (unpaired) electrons. The topological polar surface area (TPSA) is 56.8 Å². The number of thiophene rings is 1. The Morgan fingerprint density at radius 1 is 1.25 bits per heavy atom. The van der Waals surface area contributed by atoms with Gasteiger partial charge in [-0.3, -0.25) is 0 Å². The zero-order valence-corrected chi connectivity index (χ0v) is 13.7. The third-order valence-corrected chi connectivity index (χ3v) is 4.22. The minimum atomic E-state index is 0.00291. The second-order valence-corrected chi connectivity index (χ2v) is 5.28. The number of hydrogen-bond donors (Lipinski definition) is 2. The molecule has 4 nitrogen and oxygen atoms in total. The van der Waals surface area contributed by atoms with Gasteiger partial charge in [-0.05, 0) is 12.3 Å². The molecule has 0 saturated carbocycles. The molecule has 0 bridgehead atoms. The zero-order valence-electron chi connectivity index (χ0n) is 12.0. The van der Waals surface area contributed by atoms with Crippen molar-refractivity contribution in [3.8, 4) is 0 Å². The van der Waals surface area contributed by atoms with Crippen LogP contribution in [-0.4, -0.2) is 36.5 Å². The minimum Gasteiger partial charge on any atom is -0.439 e. The fourth-order valence-electron chi connectivity index (χ4n) is 1.77. The number of rotatable bonds is 5. The third kappa shape index (κ3) is 3.79. The Morgan fingerprint density at radius 2 is 1.85 bits per heavy atom. The van der Waals surface area contributed by atoms with Crippen LogP contribution in [0.25, 0.3) is 10.3 Å². The average Bonchev–Trinajstić information content (AvgIpc) is 2.83. The lowest BCUT2D eigenvalue weighted by atomic mass is 10.3. The number of fused-ring (bicyclic) bond motifs is 1. The first kappa shape index (κ1) is 17.1. The molecule has 2 heterocycles. The monoisotopic (exact) mass is 315 g/mol. The summed E-state index contributed by atoms with van der Waals surface area (Å²) in [5, 5.41) is 20.1. The van der Waals surface area contributed by atoms with Crippen molar-refractivity contribution >= 4 is 39.7 Å². The van der Waals surface area contributed by atoms with E-state index in [0.717, 1.165) is 20.4 Å². The molecule has 0 unspecified atom stereocenters. The van der Waals surface area contributed by atoms with Crippen molar-refractivity contribution in [2.24, 2.45) is 0 Å². The molecule has 112 valence electrons. The van der Waals surface area contributed by atoms with Crippen LogP contribution in [0.4, 0.5) is 5.88 Å². The molecule has 0 spiro atoms. The second-order valence-electron chi connectivity index (χ2n) is 3.96. The van der Waals surface area contributed by atoms with Gasteiger partial charge in [0.05, 0.1) is 22.4 Å². The molecule has 2 N–H and O–H groups in total. The van der Waals surface area contributed by atoms with Gasteiger partial charge in [-0.15, -0.1) is 11.3 Å². The molecule has 0 saturated heterocycles. The van der Waals surface area contributed by atoms with Gasteiger partial charge < -0.3 is 19.5 Å². The SMILES string of the molecule is CC.Cc1csc2c(=S)cc(N(CCO)CCO)oc12. The standard InChI is InChI=1S/C12H15NO3S2.C2H6/c1-8-7-18-12-9(17)6-10(16-11(8)12)13(2-4-14)3-5-15;1-2/h6-7,14-15H,2-5H2,1H3;1-2H3. The van der Waals surface area contributed by atoms with Crippen LogP contribution in [0.2, 0.25) is 0 Å². The highest BCUT2D eigenvalue weighted by Gasteiger charge is 2.12. The van der Waals surface area contributed by atoms with E-state index in [0.29, 0.717) is 19.0 Å². The summed E-state index contributed by atoms with van der Waals surface area (Å²) >= 11 is 6.91. The fraction of sp³-hybridized carbons (Fsp3) is 0.500. The van der Waals surface area contributed by atoms with Crippen LogP contribution in [0.15, 0.2) is 15.9 Å². The Bertz CT molecular complexity index is 586. The lowest BCUT2D eigenvalue weighted by Gasteiger charge is -2.21. The van der Waals surface area contributed by atoms with Crippen LogP contribution in [0.5, 0.6) is 0 Å². The van der Waals surface area contributed by atoms with E-state index in [1.165, 1.54) is 0 Å². The van der Waals surface area contributed by atoms with E-state index < -0.39 is 0 Å². The summed E-state index contributed by atoms with van der Waals surface area (Å²) in [4.78, 5) is 1.78. The van der Waals surface area contributed by atoms with E-state index in [2.05, 4.69) is 0 Å². The van der Waals surface area contributed by atoms with E-state index >= 15 is 0 Å². The van der Waals surface area contributed by atoms with E-state index in [-0.39, 0.29) is 13.2 Å². The summed E-state index contributed by atoms with van der Waals surface area (Å²) in [6, 6.07) is 1.78. The van der Waals surface area contributed by atoms with Gasteiger partial charge in [-0.25, -0.2) is 0 Å². The summed E-state index contributed by atoms with van der Waals surface area (Å²) in [6.07, 6.45) is 0. The Kier molecular flexibility index (Phi) is 7.15. The van der Waals surface area contributed by atoms with E-state index in [1.807, 2.05) is 26.2 Å². The molecule has 0 aromatic carbocycles. The summed E-state index contributed by atoms with van der Waals surface area (Å²) in [7, 11) is 0. The van der Waals surface area contributed by atoms with Gasteiger partial charge >= 0.3 is 0 Å². The summed E-state index contributed by atoms with van der Waals surface area (Å²) in [5.41, 5.74) is 1.85. The second kappa shape index (κ2) is 8.36. The van der Waals surface area contributed by atoms with Crippen molar-refractivity contribution in [2.45, 2.75) is 20.8 Å². The van der Waals surface area contributed by atoms with E-state index in [1.54, 1.807) is 22.3 Å². The van der Waals surface area contributed by atoms with Crippen LogP contribution < -0.4 is 4.90 Å². The van der Waals surface area contributed by atoms with Crippen molar-refractivity contribution in [3.63, 3.8) is 0 Å². The smallest absolute Gasteiger partial charge is 0.197 e. The molecule has 0 aliphatic carbocycles. The average molecular weight is 315 g/mol. The van der Waals surface area contributed by atoms with Gasteiger partial charge in [0.15, 0.2) is 11.5 Å². The van der Waals surface area contributed by atoms with Crippen LogP contribution in [0, 0.1) is 11.4 Å². The number of aryl methyl sites for hydroxylation is 1. The number of aliphatic hydroxyl groups excluding tert-OH is 2. The minimum absolute atomic E-state index is 0.00291. The molecule has 20 heavy (non-hydrogen) atoms. The molecule has 2 aromatic heterocycles. The van der Waals surface area contributed by atoms with Crippen molar-refractivity contribution in [2.75, 3.05) is 31.2 Å². The molecule has 0 fully saturated rings. The number of aliphatic hydroxyl groups is 2. The van der Waals surface area contributed by atoms with Gasteiger partial charge in [0, 0.05) is 24.7 Å². The summed E-state index contributed by atoms with van der Waals surface area (Å²) < 4.78 is 7.54. The summed E-state index contributed by atoms with van der Waals surface area (Å²) in [6.45, 7) is 6.80. The maximum Gasteiger partial charge on any atom is 0.197 e. The largest absolute Gasteiger partial charge is 0.439 e. The van der Waals surface area contributed by atoms with E-state index in [4.69, 9.17) is 26.8 Å².